The van der Waals surface area contributed by atoms with Crippen molar-refractivity contribution < 1.29 is 18.0 Å². The Morgan fingerprint density at radius 2 is 1.91 bits per heavy atom. The number of halogens is 3. The van der Waals surface area contributed by atoms with Crippen LogP contribution in [0.2, 0.25) is 0 Å². The molecule has 0 spiro atoms. The molecule has 1 aromatic carbocycles. The molecule has 1 aromatic heterocycles. The Bertz CT molecular complexity index is 696. The van der Waals surface area contributed by atoms with E-state index in [1.54, 1.807) is 24.4 Å². The largest absolute Gasteiger partial charge is 0.416 e. The minimum absolute atomic E-state index is 0.00370. The summed E-state index contributed by atoms with van der Waals surface area (Å²) in [7, 11) is 0. The lowest BCUT2D eigenvalue weighted by Crippen LogP contribution is -2.33. The zero-order valence-corrected chi connectivity index (χ0v) is 12.3. The molecule has 1 aliphatic carbocycles. The van der Waals surface area contributed by atoms with E-state index in [1.807, 2.05) is 0 Å². The molecular weight excluding hydrogens is 305 g/mol. The summed E-state index contributed by atoms with van der Waals surface area (Å²) in [4.78, 5) is 18.0. The third kappa shape index (κ3) is 3.52. The number of alkyl halides is 3. The zero-order chi connectivity index (χ0) is 16.4. The molecule has 1 aliphatic rings. The van der Waals surface area contributed by atoms with E-state index in [0.29, 0.717) is 5.56 Å². The molecule has 120 valence electrons. The van der Waals surface area contributed by atoms with Gasteiger partial charge in [0.05, 0.1) is 11.1 Å². The number of pyridine rings is 1. The zero-order valence-electron chi connectivity index (χ0n) is 12.3. The molecule has 6 heteroatoms. The fraction of sp³-hybridized carbons (Fsp3) is 0.294. The van der Waals surface area contributed by atoms with Crippen LogP contribution in [0.3, 0.4) is 0 Å². The van der Waals surface area contributed by atoms with Gasteiger partial charge < -0.3 is 4.90 Å². The number of benzene rings is 1. The van der Waals surface area contributed by atoms with Crippen LogP contribution in [-0.2, 0) is 12.7 Å². The maximum absolute atomic E-state index is 13.1. The number of nitrogens with zero attached hydrogens (tertiary/aromatic N) is 2. The first kappa shape index (κ1) is 15.5. The van der Waals surface area contributed by atoms with Crippen LogP contribution in [0.4, 0.5) is 13.2 Å². The van der Waals surface area contributed by atoms with Crippen molar-refractivity contribution >= 4 is 5.91 Å². The molecule has 23 heavy (non-hydrogen) atoms. The van der Waals surface area contributed by atoms with E-state index in [-0.39, 0.29) is 24.1 Å². The second kappa shape index (κ2) is 6.02. The summed E-state index contributed by atoms with van der Waals surface area (Å²) in [5.41, 5.74) is -0.183. The highest BCUT2D eigenvalue weighted by Gasteiger charge is 2.37. The molecule has 3 rings (SSSR count). The molecule has 0 atom stereocenters. The first-order chi connectivity index (χ1) is 11.0. The van der Waals surface area contributed by atoms with Crippen LogP contribution in [0, 0.1) is 0 Å². The summed E-state index contributed by atoms with van der Waals surface area (Å²) >= 11 is 0. The van der Waals surface area contributed by atoms with E-state index in [0.717, 1.165) is 18.9 Å². The van der Waals surface area contributed by atoms with Crippen LogP contribution in [0.15, 0.2) is 48.8 Å². The molecule has 1 heterocycles. The van der Waals surface area contributed by atoms with Crippen molar-refractivity contribution in [2.75, 3.05) is 0 Å². The number of carbonyl (C=O) groups excluding carboxylic acids is 1. The van der Waals surface area contributed by atoms with E-state index >= 15 is 0 Å². The normalized spacial score (nSPS) is 14.6. The van der Waals surface area contributed by atoms with Crippen LogP contribution >= 0.6 is 0 Å². The van der Waals surface area contributed by atoms with Gasteiger partial charge in [-0.1, -0.05) is 18.2 Å². The minimum Gasteiger partial charge on any atom is -0.331 e. The summed E-state index contributed by atoms with van der Waals surface area (Å²) < 4.78 is 39.4. The van der Waals surface area contributed by atoms with Gasteiger partial charge in [-0.15, -0.1) is 0 Å². The molecule has 2 aromatic rings. The van der Waals surface area contributed by atoms with Gasteiger partial charge in [0.2, 0.25) is 0 Å². The molecule has 1 saturated carbocycles. The predicted molar refractivity (Wildman–Crippen MR) is 78.6 cm³/mol. The van der Waals surface area contributed by atoms with Crippen molar-refractivity contribution in [3.05, 3.63) is 65.5 Å². The van der Waals surface area contributed by atoms with Gasteiger partial charge in [0.15, 0.2) is 0 Å². The van der Waals surface area contributed by atoms with E-state index in [2.05, 4.69) is 4.98 Å². The summed E-state index contributed by atoms with van der Waals surface area (Å²) in [6.45, 7) is -0.0475. The highest BCUT2D eigenvalue weighted by molar-refractivity contribution is 5.94. The summed E-state index contributed by atoms with van der Waals surface area (Å²) in [5, 5.41) is 0. The van der Waals surface area contributed by atoms with Gasteiger partial charge in [-0.2, -0.15) is 13.2 Å². The number of carbonyl (C=O) groups is 1. The van der Waals surface area contributed by atoms with Gasteiger partial charge in [0.25, 0.3) is 5.91 Å². The fourth-order valence-electron chi connectivity index (χ4n) is 2.53. The monoisotopic (exact) mass is 320 g/mol. The molecule has 0 saturated heterocycles. The molecule has 1 amide bonds. The number of rotatable bonds is 4. The second-order valence-electron chi connectivity index (χ2n) is 5.56. The van der Waals surface area contributed by atoms with E-state index in [1.165, 1.54) is 23.2 Å². The Morgan fingerprint density at radius 1 is 1.17 bits per heavy atom. The molecule has 3 nitrogen and oxygen atoms in total. The number of aromatic nitrogens is 1. The average molecular weight is 320 g/mol. The maximum Gasteiger partial charge on any atom is 0.416 e. The van der Waals surface area contributed by atoms with Crippen LogP contribution < -0.4 is 0 Å². The van der Waals surface area contributed by atoms with Crippen LogP contribution in [0.1, 0.15) is 34.3 Å². The summed E-state index contributed by atoms with van der Waals surface area (Å²) in [6, 6.07) is 8.66. The van der Waals surface area contributed by atoms with Gasteiger partial charge in [0.1, 0.15) is 0 Å². The lowest BCUT2D eigenvalue weighted by Gasteiger charge is -2.24. The average Bonchev–Trinajstić information content (AvgIpc) is 3.37. The van der Waals surface area contributed by atoms with E-state index < -0.39 is 11.7 Å². The molecule has 1 fully saturated rings. The summed E-state index contributed by atoms with van der Waals surface area (Å²) in [5.74, 6) is -0.280. The molecule has 0 bridgehead atoms. The second-order valence-corrected chi connectivity index (χ2v) is 5.56. The van der Waals surface area contributed by atoms with Crippen molar-refractivity contribution in [3.8, 4) is 0 Å². The molecule has 0 unspecified atom stereocenters. The van der Waals surface area contributed by atoms with Gasteiger partial charge in [-0.3, -0.25) is 9.78 Å². The molecule has 0 N–H and O–H groups in total. The van der Waals surface area contributed by atoms with Crippen molar-refractivity contribution in [1.29, 1.82) is 0 Å². The topological polar surface area (TPSA) is 33.2 Å². The standard InChI is InChI=1S/C17H15F3N2O/c18-17(19,20)15-6-2-1-4-13(15)11-22(14-7-8-14)16(23)12-5-3-9-21-10-12/h1-6,9-10,14H,7-8,11H2. The third-order valence-electron chi connectivity index (χ3n) is 3.82. The number of hydrogen-bond donors (Lipinski definition) is 0. The first-order valence-corrected chi connectivity index (χ1v) is 7.33. The summed E-state index contributed by atoms with van der Waals surface area (Å²) in [6.07, 6.45) is 0.202. The van der Waals surface area contributed by atoms with Gasteiger partial charge in [-0.05, 0) is 36.6 Å². The Kier molecular flexibility index (Phi) is 4.07. The van der Waals surface area contributed by atoms with Gasteiger partial charge >= 0.3 is 6.18 Å². The highest BCUT2D eigenvalue weighted by Crippen LogP contribution is 2.35. The molecular formula is C17H15F3N2O. The van der Waals surface area contributed by atoms with E-state index in [9.17, 15) is 18.0 Å². The Balaban J connectivity index is 1.89. The van der Waals surface area contributed by atoms with E-state index in [4.69, 9.17) is 0 Å². The van der Waals surface area contributed by atoms with Gasteiger partial charge in [0, 0.05) is 25.0 Å². The SMILES string of the molecule is O=C(c1cccnc1)N(Cc1ccccc1C(F)(F)F)C1CC1. The molecule has 0 radical (unpaired) electrons. The van der Waals surface area contributed by atoms with Crippen LogP contribution in [0.5, 0.6) is 0 Å². The Hall–Kier alpha value is -2.37. The molecule has 0 aliphatic heterocycles. The minimum atomic E-state index is -4.43. The number of hydrogen-bond acceptors (Lipinski definition) is 2. The Morgan fingerprint density at radius 3 is 2.52 bits per heavy atom. The highest BCUT2D eigenvalue weighted by atomic mass is 19.4. The predicted octanol–water partition coefficient (Wildman–Crippen LogP) is 3.91. The van der Waals surface area contributed by atoms with Crippen molar-refractivity contribution in [2.24, 2.45) is 0 Å². The van der Waals surface area contributed by atoms with Crippen molar-refractivity contribution in [3.63, 3.8) is 0 Å². The number of amides is 1. The maximum atomic E-state index is 13.1. The fourth-order valence-corrected chi connectivity index (χ4v) is 2.53. The van der Waals surface area contributed by atoms with Crippen molar-refractivity contribution in [2.45, 2.75) is 31.6 Å². The Labute approximate surface area is 131 Å². The quantitative estimate of drug-likeness (QED) is 0.856. The van der Waals surface area contributed by atoms with Crippen molar-refractivity contribution in [1.82, 2.24) is 9.88 Å². The smallest absolute Gasteiger partial charge is 0.331 e. The van der Waals surface area contributed by atoms with Crippen LogP contribution in [-0.4, -0.2) is 21.8 Å². The van der Waals surface area contributed by atoms with Gasteiger partial charge in [-0.25, -0.2) is 0 Å². The lowest BCUT2D eigenvalue weighted by atomic mass is 10.1. The lowest BCUT2D eigenvalue weighted by molar-refractivity contribution is -0.138. The first-order valence-electron chi connectivity index (χ1n) is 7.33. The third-order valence-corrected chi connectivity index (χ3v) is 3.82. The van der Waals surface area contributed by atoms with Crippen LogP contribution in [0.25, 0.3) is 0 Å².